The van der Waals surface area contributed by atoms with Crippen LogP contribution in [0.1, 0.15) is 23.1 Å². The fourth-order valence-corrected chi connectivity index (χ4v) is 4.43. The Labute approximate surface area is 188 Å². The van der Waals surface area contributed by atoms with Crippen molar-refractivity contribution in [1.82, 2.24) is 0 Å². The van der Waals surface area contributed by atoms with Crippen LogP contribution in [0.4, 0.5) is 5.69 Å². The van der Waals surface area contributed by atoms with Crippen LogP contribution in [0.5, 0.6) is 0 Å². The fraction of sp³-hybridized carbons (Fsp3) is 0.103. The molecule has 0 aliphatic carbocycles. The highest BCUT2D eigenvalue weighted by Gasteiger charge is 2.29. The van der Waals surface area contributed by atoms with Gasteiger partial charge in [0.1, 0.15) is 0 Å². The van der Waals surface area contributed by atoms with Gasteiger partial charge in [-0.3, -0.25) is 4.79 Å². The number of nitrogens with zero attached hydrogens (tertiary/aromatic N) is 2. The summed E-state index contributed by atoms with van der Waals surface area (Å²) in [5.41, 5.74) is 7.91. The smallest absolute Gasteiger partial charge is 0.227 e. The molecule has 0 saturated heterocycles. The largest absolute Gasteiger partial charge is 0.307 e. The number of rotatable bonds is 4. The standard InChI is InChI=1S/C29H22N2O/c30-19-25-15-16-26(24-9-5-2-6-10-24)29-27(25)17-18-28(32)31(29)20-21-11-13-23(14-12-21)22-7-3-1-4-8-22/h1-16H,17-18,20H2. The molecule has 0 spiro atoms. The molecule has 3 nitrogen and oxygen atoms in total. The molecule has 3 heteroatoms. The summed E-state index contributed by atoms with van der Waals surface area (Å²) in [5, 5.41) is 9.68. The lowest BCUT2D eigenvalue weighted by molar-refractivity contribution is -0.119. The van der Waals surface area contributed by atoms with Crippen LogP contribution in [-0.2, 0) is 17.8 Å². The van der Waals surface area contributed by atoms with Crippen LogP contribution in [0.25, 0.3) is 22.3 Å². The highest BCUT2D eigenvalue weighted by Crippen LogP contribution is 2.40. The number of amides is 1. The summed E-state index contributed by atoms with van der Waals surface area (Å²) in [6.45, 7) is 0.482. The van der Waals surface area contributed by atoms with Crippen LogP contribution in [-0.4, -0.2) is 5.91 Å². The van der Waals surface area contributed by atoms with Crippen molar-refractivity contribution in [1.29, 1.82) is 5.26 Å². The molecule has 5 rings (SSSR count). The van der Waals surface area contributed by atoms with Crippen LogP contribution in [0.2, 0.25) is 0 Å². The molecule has 32 heavy (non-hydrogen) atoms. The van der Waals surface area contributed by atoms with Crippen LogP contribution in [0, 0.1) is 11.3 Å². The Hall–Kier alpha value is -4.16. The van der Waals surface area contributed by atoms with Crippen molar-refractivity contribution in [2.45, 2.75) is 19.4 Å². The van der Waals surface area contributed by atoms with Gasteiger partial charge in [-0.25, -0.2) is 0 Å². The van der Waals surface area contributed by atoms with Crippen molar-refractivity contribution >= 4 is 11.6 Å². The normalized spacial score (nSPS) is 12.8. The SMILES string of the molecule is N#Cc1ccc(-c2ccccc2)c2c1CCC(=O)N2Cc1ccc(-c2ccccc2)cc1. The van der Waals surface area contributed by atoms with Crippen LogP contribution in [0.3, 0.4) is 0 Å². The molecule has 0 atom stereocenters. The summed E-state index contributed by atoms with van der Waals surface area (Å²) in [4.78, 5) is 14.9. The van der Waals surface area contributed by atoms with Gasteiger partial charge >= 0.3 is 0 Å². The lowest BCUT2D eigenvalue weighted by atomic mass is 9.90. The predicted octanol–water partition coefficient (Wildman–Crippen LogP) is 6.37. The monoisotopic (exact) mass is 414 g/mol. The molecule has 0 fully saturated rings. The third kappa shape index (κ3) is 3.68. The third-order valence-corrected chi connectivity index (χ3v) is 6.05. The topological polar surface area (TPSA) is 44.1 Å². The molecule has 1 aliphatic rings. The predicted molar refractivity (Wildman–Crippen MR) is 128 cm³/mol. The molecule has 0 radical (unpaired) electrons. The van der Waals surface area contributed by atoms with Crippen LogP contribution < -0.4 is 4.90 Å². The van der Waals surface area contributed by atoms with Crippen molar-refractivity contribution in [3.8, 4) is 28.3 Å². The van der Waals surface area contributed by atoms with Gasteiger partial charge in [-0.1, -0.05) is 91.0 Å². The Bertz CT molecular complexity index is 1300. The van der Waals surface area contributed by atoms with E-state index in [2.05, 4.69) is 42.5 Å². The minimum atomic E-state index is 0.0944. The van der Waals surface area contributed by atoms with Gasteiger partial charge in [-0.05, 0) is 40.3 Å². The van der Waals surface area contributed by atoms with Gasteiger partial charge in [0.25, 0.3) is 0 Å². The molecule has 1 heterocycles. The van der Waals surface area contributed by atoms with Crippen molar-refractivity contribution in [3.05, 3.63) is 114 Å². The van der Waals surface area contributed by atoms with Gasteiger partial charge in [0.05, 0.1) is 23.9 Å². The number of hydrogen-bond donors (Lipinski definition) is 0. The minimum absolute atomic E-state index is 0.0944. The average Bonchev–Trinajstić information content (AvgIpc) is 2.86. The lowest BCUT2D eigenvalue weighted by Gasteiger charge is -2.32. The first-order valence-corrected chi connectivity index (χ1v) is 10.8. The third-order valence-electron chi connectivity index (χ3n) is 6.05. The van der Waals surface area contributed by atoms with E-state index >= 15 is 0 Å². The van der Waals surface area contributed by atoms with Crippen molar-refractivity contribution in [2.24, 2.45) is 0 Å². The Balaban J connectivity index is 1.55. The maximum absolute atomic E-state index is 13.1. The van der Waals surface area contributed by atoms with Crippen molar-refractivity contribution in [2.75, 3.05) is 4.90 Å². The number of anilines is 1. The molecule has 4 aromatic rings. The quantitative estimate of drug-likeness (QED) is 0.389. The number of fused-ring (bicyclic) bond motifs is 1. The molecule has 0 saturated carbocycles. The molecule has 1 amide bonds. The van der Waals surface area contributed by atoms with Gasteiger partial charge in [-0.2, -0.15) is 5.26 Å². The molecule has 0 bridgehead atoms. The van der Waals surface area contributed by atoms with E-state index in [1.54, 1.807) is 0 Å². The number of benzene rings is 4. The highest BCUT2D eigenvalue weighted by atomic mass is 16.2. The summed E-state index contributed by atoms with van der Waals surface area (Å²) in [6, 6.07) is 34.9. The number of hydrogen-bond acceptors (Lipinski definition) is 2. The Morgan fingerprint density at radius 1 is 0.719 bits per heavy atom. The van der Waals surface area contributed by atoms with E-state index in [0.29, 0.717) is 24.9 Å². The van der Waals surface area contributed by atoms with Gasteiger partial charge in [-0.15, -0.1) is 0 Å². The molecular formula is C29H22N2O. The van der Waals surface area contributed by atoms with Crippen molar-refractivity contribution < 1.29 is 4.79 Å². The molecule has 4 aromatic carbocycles. The van der Waals surface area contributed by atoms with E-state index in [9.17, 15) is 10.1 Å². The Morgan fingerprint density at radius 2 is 1.34 bits per heavy atom. The van der Waals surface area contributed by atoms with Crippen LogP contribution >= 0.6 is 0 Å². The first-order valence-electron chi connectivity index (χ1n) is 10.8. The molecule has 1 aliphatic heterocycles. The highest BCUT2D eigenvalue weighted by molar-refractivity contribution is 6.01. The number of carbonyl (C=O) groups is 1. The van der Waals surface area contributed by atoms with E-state index in [4.69, 9.17) is 0 Å². The number of nitriles is 1. The second-order valence-electron chi connectivity index (χ2n) is 8.01. The Kier molecular flexibility index (Phi) is 5.27. The van der Waals surface area contributed by atoms with Crippen molar-refractivity contribution in [3.63, 3.8) is 0 Å². The summed E-state index contributed by atoms with van der Waals surface area (Å²) < 4.78 is 0. The Morgan fingerprint density at radius 3 is 2.00 bits per heavy atom. The molecule has 0 N–H and O–H groups in total. The first-order chi connectivity index (χ1) is 15.7. The summed E-state index contributed by atoms with van der Waals surface area (Å²) in [5.74, 6) is 0.0944. The summed E-state index contributed by atoms with van der Waals surface area (Å²) in [7, 11) is 0. The van der Waals surface area contributed by atoms with E-state index in [-0.39, 0.29) is 5.91 Å². The van der Waals surface area contributed by atoms with Gasteiger partial charge in [0.15, 0.2) is 0 Å². The molecule has 0 unspecified atom stereocenters. The molecule has 154 valence electrons. The summed E-state index contributed by atoms with van der Waals surface area (Å²) >= 11 is 0. The van der Waals surface area contributed by atoms with E-state index in [1.165, 1.54) is 5.56 Å². The average molecular weight is 415 g/mol. The maximum atomic E-state index is 13.1. The second kappa shape index (κ2) is 8.53. The molecule has 0 aromatic heterocycles. The van der Waals surface area contributed by atoms with E-state index in [1.807, 2.05) is 65.6 Å². The van der Waals surface area contributed by atoms with Gasteiger partial charge in [0.2, 0.25) is 5.91 Å². The van der Waals surface area contributed by atoms with E-state index in [0.717, 1.165) is 33.5 Å². The first kappa shape index (κ1) is 19.8. The fourth-order valence-electron chi connectivity index (χ4n) is 4.43. The maximum Gasteiger partial charge on any atom is 0.227 e. The minimum Gasteiger partial charge on any atom is -0.307 e. The zero-order valence-electron chi connectivity index (χ0n) is 17.7. The van der Waals surface area contributed by atoms with Crippen LogP contribution in [0.15, 0.2) is 97.1 Å². The zero-order chi connectivity index (χ0) is 21.9. The van der Waals surface area contributed by atoms with Gasteiger partial charge in [0, 0.05) is 12.0 Å². The summed E-state index contributed by atoms with van der Waals surface area (Å²) in [6.07, 6.45) is 1.02. The van der Waals surface area contributed by atoms with Gasteiger partial charge < -0.3 is 4.90 Å². The molecular weight excluding hydrogens is 392 g/mol. The number of carbonyl (C=O) groups excluding carboxylic acids is 1. The zero-order valence-corrected chi connectivity index (χ0v) is 17.7. The lowest BCUT2D eigenvalue weighted by Crippen LogP contribution is -2.35. The van der Waals surface area contributed by atoms with E-state index < -0.39 is 0 Å². The second-order valence-corrected chi connectivity index (χ2v) is 8.01.